The zero-order valence-electron chi connectivity index (χ0n) is 15.9. The number of anilines is 2. The Bertz CT molecular complexity index is 1030. The second kappa shape index (κ2) is 8.34. The van der Waals surface area contributed by atoms with Crippen LogP contribution < -0.4 is 10.0 Å². The van der Waals surface area contributed by atoms with Crippen molar-refractivity contribution in [1.29, 1.82) is 0 Å². The van der Waals surface area contributed by atoms with Crippen LogP contribution >= 0.6 is 11.8 Å². The molecule has 162 valence electrons. The van der Waals surface area contributed by atoms with Gasteiger partial charge in [-0.3, -0.25) is 24.0 Å². The van der Waals surface area contributed by atoms with Crippen LogP contribution in [-0.2, 0) is 19.6 Å². The third-order valence-corrected chi connectivity index (χ3v) is 6.18. The van der Waals surface area contributed by atoms with Gasteiger partial charge in [-0.15, -0.1) is 0 Å². The molecule has 0 unspecified atom stereocenters. The van der Waals surface area contributed by atoms with Crippen molar-refractivity contribution in [2.24, 2.45) is 0 Å². The summed E-state index contributed by atoms with van der Waals surface area (Å²) >= 11 is 0.661. The van der Waals surface area contributed by atoms with Gasteiger partial charge < -0.3 is 5.32 Å². The maximum atomic E-state index is 13.3. The van der Waals surface area contributed by atoms with E-state index in [-0.39, 0.29) is 42.0 Å². The normalized spacial score (nSPS) is 19.2. The van der Waals surface area contributed by atoms with Gasteiger partial charge >= 0.3 is 0 Å². The number of nitrogens with zero attached hydrogens (tertiary/aromatic N) is 1. The molecule has 0 atom stereocenters. The number of hydrogen-bond donors (Lipinski definition) is 2. The first-order chi connectivity index (χ1) is 13.9. The van der Waals surface area contributed by atoms with Crippen LogP contribution in [0.25, 0.3) is 0 Å². The number of halogens is 2. The summed E-state index contributed by atoms with van der Waals surface area (Å²) in [7, 11) is -3.49. The molecule has 1 aliphatic carbocycles. The first-order valence-corrected chi connectivity index (χ1v) is 11.7. The summed E-state index contributed by atoms with van der Waals surface area (Å²) < 4.78 is 51.5. The zero-order chi connectivity index (χ0) is 22.1. The number of imide groups is 1. The minimum atomic E-state index is -3.49. The number of amides is 3. The number of rotatable bonds is 5. The van der Waals surface area contributed by atoms with Gasteiger partial charge in [-0.2, -0.15) is 0 Å². The molecule has 2 aliphatic rings. The lowest BCUT2D eigenvalue weighted by Gasteiger charge is -2.24. The minimum absolute atomic E-state index is 0.0362. The molecule has 1 saturated heterocycles. The highest BCUT2D eigenvalue weighted by Crippen LogP contribution is 2.42. The molecule has 0 aromatic heterocycles. The molecule has 0 radical (unpaired) electrons. The quantitative estimate of drug-likeness (QED) is 0.654. The summed E-state index contributed by atoms with van der Waals surface area (Å²) in [5.74, 6) is -4.08. The van der Waals surface area contributed by atoms with Crippen LogP contribution in [0, 0.1) is 0 Å². The topological polar surface area (TPSA) is 113 Å². The molecule has 1 heterocycles. The first kappa shape index (κ1) is 22.2. The standard InChI is InChI=1S/C18H19F2N3O5S2/c1-30(27,28)22-13-4-2-3-12(9-13)21-14(24)10-23-16(25)15(29-17(23)26)11-5-7-18(19,20)8-6-11/h2-4,9,22H,5-8,10H2,1H3,(H,21,24). The smallest absolute Gasteiger partial charge is 0.294 e. The van der Waals surface area contributed by atoms with Gasteiger partial charge in [0, 0.05) is 18.5 Å². The number of alkyl halides is 2. The van der Waals surface area contributed by atoms with E-state index in [4.69, 9.17) is 0 Å². The lowest BCUT2D eigenvalue weighted by Crippen LogP contribution is -2.36. The summed E-state index contributed by atoms with van der Waals surface area (Å²) in [4.78, 5) is 38.0. The van der Waals surface area contributed by atoms with Crippen molar-refractivity contribution in [3.8, 4) is 0 Å². The minimum Gasteiger partial charge on any atom is -0.324 e. The predicted molar refractivity (Wildman–Crippen MR) is 109 cm³/mol. The summed E-state index contributed by atoms with van der Waals surface area (Å²) in [6.45, 7) is -0.540. The summed E-state index contributed by atoms with van der Waals surface area (Å²) in [6, 6.07) is 5.92. The monoisotopic (exact) mass is 459 g/mol. The van der Waals surface area contributed by atoms with E-state index in [0.29, 0.717) is 17.3 Å². The van der Waals surface area contributed by atoms with Crippen LogP contribution in [0.2, 0.25) is 0 Å². The second-order valence-electron chi connectivity index (χ2n) is 7.05. The SMILES string of the molecule is CS(=O)(=O)Nc1cccc(NC(=O)CN2C(=O)SC(=C3CCC(F)(F)CC3)C2=O)c1. The van der Waals surface area contributed by atoms with E-state index in [9.17, 15) is 31.6 Å². The van der Waals surface area contributed by atoms with Gasteiger partial charge in [0.05, 0.1) is 16.8 Å². The molecule has 3 rings (SSSR count). The number of hydrogen-bond acceptors (Lipinski definition) is 6. The molecular weight excluding hydrogens is 440 g/mol. The molecule has 0 spiro atoms. The summed E-state index contributed by atoms with van der Waals surface area (Å²) in [5.41, 5.74) is 1.03. The fourth-order valence-electron chi connectivity index (χ4n) is 3.11. The van der Waals surface area contributed by atoms with Crippen molar-refractivity contribution < 1.29 is 31.6 Å². The highest BCUT2D eigenvalue weighted by molar-refractivity contribution is 8.18. The zero-order valence-corrected chi connectivity index (χ0v) is 17.5. The maximum absolute atomic E-state index is 13.3. The Hall–Kier alpha value is -2.47. The van der Waals surface area contributed by atoms with Crippen molar-refractivity contribution in [3.63, 3.8) is 0 Å². The van der Waals surface area contributed by atoms with Crippen LogP contribution in [0.1, 0.15) is 25.7 Å². The molecule has 1 aromatic rings. The number of benzene rings is 1. The third kappa shape index (κ3) is 5.57. The predicted octanol–water partition coefficient (Wildman–Crippen LogP) is 3.16. The van der Waals surface area contributed by atoms with Crippen molar-refractivity contribution in [3.05, 3.63) is 34.7 Å². The van der Waals surface area contributed by atoms with Gasteiger partial charge in [0.2, 0.25) is 21.9 Å². The largest absolute Gasteiger partial charge is 0.324 e. The first-order valence-electron chi connectivity index (χ1n) is 8.95. The van der Waals surface area contributed by atoms with Crippen molar-refractivity contribution in [1.82, 2.24) is 4.90 Å². The van der Waals surface area contributed by atoms with E-state index < -0.39 is 39.5 Å². The Kier molecular flexibility index (Phi) is 6.18. The van der Waals surface area contributed by atoms with Crippen LogP contribution in [-0.4, -0.2) is 49.1 Å². The number of allylic oxidation sites excluding steroid dienone is 1. The third-order valence-electron chi connectivity index (χ3n) is 4.51. The highest BCUT2D eigenvalue weighted by atomic mass is 32.2. The van der Waals surface area contributed by atoms with Crippen molar-refractivity contribution in [2.75, 3.05) is 22.8 Å². The van der Waals surface area contributed by atoms with Gasteiger partial charge in [0.1, 0.15) is 6.54 Å². The highest BCUT2D eigenvalue weighted by Gasteiger charge is 2.41. The number of carbonyl (C=O) groups excluding carboxylic acids is 3. The Balaban J connectivity index is 1.65. The van der Waals surface area contributed by atoms with Crippen LogP contribution in [0.3, 0.4) is 0 Å². The maximum Gasteiger partial charge on any atom is 0.294 e. The molecule has 12 heteroatoms. The Morgan fingerprint density at radius 2 is 1.83 bits per heavy atom. The average molecular weight is 459 g/mol. The Morgan fingerprint density at radius 3 is 2.47 bits per heavy atom. The molecule has 1 aromatic carbocycles. The van der Waals surface area contributed by atoms with E-state index in [1.54, 1.807) is 0 Å². The molecule has 1 saturated carbocycles. The van der Waals surface area contributed by atoms with Crippen LogP contribution in [0.5, 0.6) is 0 Å². The Labute approximate surface area is 176 Å². The fourth-order valence-corrected chi connectivity index (χ4v) is 4.65. The van der Waals surface area contributed by atoms with Crippen LogP contribution in [0.4, 0.5) is 25.0 Å². The van der Waals surface area contributed by atoms with E-state index >= 15 is 0 Å². The molecular formula is C18H19F2N3O5S2. The van der Waals surface area contributed by atoms with Gasteiger partial charge in [-0.05, 0) is 42.8 Å². The second-order valence-corrected chi connectivity index (χ2v) is 9.76. The van der Waals surface area contributed by atoms with Gasteiger partial charge in [-0.1, -0.05) is 11.6 Å². The van der Waals surface area contributed by atoms with Gasteiger partial charge in [0.25, 0.3) is 11.1 Å². The Morgan fingerprint density at radius 1 is 1.20 bits per heavy atom. The molecule has 2 fully saturated rings. The van der Waals surface area contributed by atoms with Crippen molar-refractivity contribution in [2.45, 2.75) is 31.6 Å². The summed E-state index contributed by atoms with van der Waals surface area (Å²) in [6.07, 6.45) is 0.321. The molecule has 30 heavy (non-hydrogen) atoms. The molecule has 2 N–H and O–H groups in total. The van der Waals surface area contributed by atoms with E-state index in [2.05, 4.69) is 10.0 Å². The van der Waals surface area contributed by atoms with Gasteiger partial charge in [0.15, 0.2) is 0 Å². The lowest BCUT2D eigenvalue weighted by atomic mass is 9.91. The number of carbonyl (C=O) groups is 3. The van der Waals surface area contributed by atoms with Crippen molar-refractivity contribution >= 4 is 50.2 Å². The number of nitrogens with one attached hydrogen (secondary N) is 2. The fraction of sp³-hybridized carbons (Fsp3) is 0.389. The molecule has 1 aliphatic heterocycles. The molecule has 3 amide bonds. The van der Waals surface area contributed by atoms with Gasteiger partial charge in [-0.25, -0.2) is 17.2 Å². The van der Waals surface area contributed by atoms with Crippen LogP contribution in [0.15, 0.2) is 34.7 Å². The number of thioether (sulfide) groups is 1. The summed E-state index contributed by atoms with van der Waals surface area (Å²) in [5, 5.41) is 1.86. The molecule has 0 bridgehead atoms. The lowest BCUT2D eigenvalue weighted by molar-refractivity contribution is -0.127. The van der Waals surface area contributed by atoms with E-state index in [0.717, 1.165) is 11.2 Å². The van der Waals surface area contributed by atoms with E-state index in [1.165, 1.54) is 24.3 Å². The average Bonchev–Trinajstić information content (AvgIpc) is 2.89. The molecule has 8 nitrogen and oxygen atoms in total. The number of sulfonamides is 1. The van der Waals surface area contributed by atoms with E-state index in [1.807, 2.05) is 0 Å².